The van der Waals surface area contributed by atoms with Gasteiger partial charge in [0.05, 0.1) is 13.1 Å². The summed E-state index contributed by atoms with van der Waals surface area (Å²) in [5.74, 6) is 2.12. The number of nitrogens with one attached hydrogen (secondary N) is 1. The van der Waals surface area contributed by atoms with Gasteiger partial charge in [-0.05, 0) is 36.6 Å². The molecule has 0 amide bonds. The highest BCUT2D eigenvalue weighted by molar-refractivity contribution is 5.57. The summed E-state index contributed by atoms with van der Waals surface area (Å²) in [6.45, 7) is 9.18. The fourth-order valence-electron chi connectivity index (χ4n) is 2.90. The van der Waals surface area contributed by atoms with Gasteiger partial charge in [0.15, 0.2) is 0 Å². The quantitative estimate of drug-likeness (QED) is 0.908. The summed E-state index contributed by atoms with van der Waals surface area (Å²) in [5.41, 5.74) is 4.04. The Morgan fingerprint density at radius 3 is 2.90 bits per heavy atom. The number of benzene rings is 1. The van der Waals surface area contributed by atoms with Crippen molar-refractivity contribution in [3.8, 4) is 0 Å². The van der Waals surface area contributed by atoms with Gasteiger partial charge < -0.3 is 14.6 Å². The Balaban J connectivity index is 1.70. The van der Waals surface area contributed by atoms with Crippen LogP contribution >= 0.6 is 0 Å². The van der Waals surface area contributed by atoms with E-state index < -0.39 is 0 Å². The lowest BCUT2D eigenvalue weighted by atomic mass is 10.2. The van der Waals surface area contributed by atoms with Crippen molar-refractivity contribution >= 4 is 5.69 Å². The van der Waals surface area contributed by atoms with Crippen molar-refractivity contribution < 1.29 is 4.42 Å². The SMILES string of the molecule is Cc1cc(CN2CCc3ccccc32)oc1CNC(C)C. The molecular formula is C18H24N2O. The molecular weight excluding hydrogens is 260 g/mol. The maximum Gasteiger partial charge on any atom is 0.123 e. The molecule has 3 heteroatoms. The van der Waals surface area contributed by atoms with Crippen LogP contribution in [-0.4, -0.2) is 12.6 Å². The summed E-state index contributed by atoms with van der Waals surface area (Å²) in [6, 6.07) is 11.3. The van der Waals surface area contributed by atoms with Gasteiger partial charge >= 0.3 is 0 Å². The first kappa shape index (κ1) is 14.2. The molecule has 21 heavy (non-hydrogen) atoms. The first-order valence-corrected chi connectivity index (χ1v) is 7.78. The van der Waals surface area contributed by atoms with Crippen LogP contribution in [0.25, 0.3) is 0 Å². The second kappa shape index (κ2) is 5.94. The summed E-state index contributed by atoms with van der Waals surface area (Å²) in [5, 5.41) is 3.42. The third kappa shape index (κ3) is 3.13. The van der Waals surface area contributed by atoms with Crippen LogP contribution in [0, 0.1) is 6.92 Å². The van der Waals surface area contributed by atoms with Gasteiger partial charge in [0.2, 0.25) is 0 Å². The number of nitrogens with zero attached hydrogens (tertiary/aromatic N) is 1. The van der Waals surface area contributed by atoms with E-state index in [0.717, 1.165) is 37.6 Å². The minimum Gasteiger partial charge on any atom is -0.463 e. The molecule has 2 aromatic rings. The summed E-state index contributed by atoms with van der Waals surface area (Å²) >= 11 is 0. The van der Waals surface area contributed by atoms with Crippen molar-refractivity contribution in [2.45, 2.75) is 46.3 Å². The van der Waals surface area contributed by atoms with E-state index in [-0.39, 0.29) is 0 Å². The number of anilines is 1. The zero-order valence-electron chi connectivity index (χ0n) is 13.1. The van der Waals surface area contributed by atoms with Crippen molar-refractivity contribution in [1.82, 2.24) is 5.32 Å². The first-order chi connectivity index (χ1) is 10.1. The van der Waals surface area contributed by atoms with Crippen LogP contribution in [0.4, 0.5) is 5.69 Å². The second-order valence-electron chi connectivity index (χ2n) is 6.15. The molecule has 2 heterocycles. The Morgan fingerprint density at radius 2 is 2.10 bits per heavy atom. The van der Waals surface area contributed by atoms with Gasteiger partial charge in [-0.3, -0.25) is 0 Å². The monoisotopic (exact) mass is 284 g/mol. The first-order valence-electron chi connectivity index (χ1n) is 7.78. The minimum absolute atomic E-state index is 0.475. The van der Waals surface area contributed by atoms with Crippen molar-refractivity contribution in [3.63, 3.8) is 0 Å². The van der Waals surface area contributed by atoms with Gasteiger partial charge in [-0.1, -0.05) is 32.0 Å². The molecule has 112 valence electrons. The fourth-order valence-corrected chi connectivity index (χ4v) is 2.90. The lowest BCUT2D eigenvalue weighted by Gasteiger charge is -2.17. The molecule has 1 aliphatic heterocycles. The van der Waals surface area contributed by atoms with E-state index in [1.807, 2.05) is 0 Å². The number of para-hydroxylation sites is 1. The molecule has 0 unspecified atom stereocenters. The average Bonchev–Trinajstić information content (AvgIpc) is 3.01. The molecule has 1 aromatic heterocycles. The maximum atomic E-state index is 6.04. The molecule has 3 rings (SSSR count). The number of hydrogen-bond acceptors (Lipinski definition) is 3. The minimum atomic E-state index is 0.475. The van der Waals surface area contributed by atoms with E-state index in [1.165, 1.54) is 16.8 Å². The number of hydrogen-bond donors (Lipinski definition) is 1. The lowest BCUT2D eigenvalue weighted by Crippen LogP contribution is -2.22. The van der Waals surface area contributed by atoms with Gasteiger partial charge in [-0.2, -0.15) is 0 Å². The molecule has 0 saturated heterocycles. The largest absolute Gasteiger partial charge is 0.463 e. The smallest absolute Gasteiger partial charge is 0.123 e. The van der Waals surface area contributed by atoms with Crippen molar-refractivity contribution in [2.24, 2.45) is 0 Å². The van der Waals surface area contributed by atoms with E-state index in [2.05, 4.69) is 61.3 Å². The number of furan rings is 1. The normalized spacial score (nSPS) is 14.0. The third-order valence-electron chi connectivity index (χ3n) is 4.07. The van der Waals surface area contributed by atoms with Crippen molar-refractivity contribution in [2.75, 3.05) is 11.4 Å². The molecule has 1 aliphatic rings. The van der Waals surface area contributed by atoms with Gasteiger partial charge in [-0.25, -0.2) is 0 Å². The van der Waals surface area contributed by atoms with Gasteiger partial charge in [0.1, 0.15) is 11.5 Å². The molecule has 0 aliphatic carbocycles. The Kier molecular flexibility index (Phi) is 4.02. The number of aryl methyl sites for hydroxylation is 1. The van der Waals surface area contributed by atoms with E-state index in [0.29, 0.717) is 6.04 Å². The van der Waals surface area contributed by atoms with E-state index in [4.69, 9.17) is 4.42 Å². The Hall–Kier alpha value is -1.74. The molecule has 0 radical (unpaired) electrons. The maximum absolute atomic E-state index is 6.04. The molecule has 1 N–H and O–H groups in total. The Morgan fingerprint density at radius 1 is 1.29 bits per heavy atom. The van der Waals surface area contributed by atoms with E-state index >= 15 is 0 Å². The van der Waals surface area contributed by atoms with Crippen LogP contribution in [0.1, 0.15) is 36.5 Å². The van der Waals surface area contributed by atoms with Crippen LogP contribution in [-0.2, 0) is 19.5 Å². The predicted molar refractivity (Wildman–Crippen MR) is 86.6 cm³/mol. The van der Waals surface area contributed by atoms with E-state index in [1.54, 1.807) is 0 Å². The van der Waals surface area contributed by atoms with Crippen LogP contribution in [0.15, 0.2) is 34.7 Å². The van der Waals surface area contributed by atoms with Crippen molar-refractivity contribution in [1.29, 1.82) is 0 Å². The molecule has 0 saturated carbocycles. The highest BCUT2D eigenvalue weighted by Crippen LogP contribution is 2.29. The lowest BCUT2D eigenvalue weighted by molar-refractivity contribution is 0.431. The topological polar surface area (TPSA) is 28.4 Å². The number of fused-ring (bicyclic) bond motifs is 1. The van der Waals surface area contributed by atoms with Crippen LogP contribution in [0.3, 0.4) is 0 Å². The molecule has 0 spiro atoms. The zero-order valence-corrected chi connectivity index (χ0v) is 13.1. The summed E-state index contributed by atoms with van der Waals surface area (Å²) < 4.78 is 6.04. The number of rotatable bonds is 5. The molecule has 0 fully saturated rings. The van der Waals surface area contributed by atoms with Crippen molar-refractivity contribution in [3.05, 3.63) is 53.0 Å². The summed E-state index contributed by atoms with van der Waals surface area (Å²) in [7, 11) is 0. The van der Waals surface area contributed by atoms with Gasteiger partial charge in [0, 0.05) is 18.3 Å². The summed E-state index contributed by atoms with van der Waals surface area (Å²) in [6.07, 6.45) is 1.14. The van der Waals surface area contributed by atoms with Gasteiger partial charge in [-0.15, -0.1) is 0 Å². The highest BCUT2D eigenvalue weighted by Gasteiger charge is 2.20. The standard InChI is InChI=1S/C18H24N2O/c1-13(2)19-11-18-14(3)10-16(21-18)12-20-9-8-15-6-4-5-7-17(15)20/h4-7,10,13,19H,8-9,11-12H2,1-3H3. The second-order valence-corrected chi connectivity index (χ2v) is 6.15. The highest BCUT2D eigenvalue weighted by atomic mass is 16.3. The molecule has 3 nitrogen and oxygen atoms in total. The zero-order chi connectivity index (χ0) is 14.8. The molecule has 0 bridgehead atoms. The predicted octanol–water partition coefficient (Wildman–Crippen LogP) is 3.65. The third-order valence-corrected chi connectivity index (χ3v) is 4.07. The molecule has 1 aromatic carbocycles. The molecule has 0 atom stereocenters. The summed E-state index contributed by atoms with van der Waals surface area (Å²) in [4.78, 5) is 2.41. The van der Waals surface area contributed by atoms with Crippen LogP contribution < -0.4 is 10.2 Å². The van der Waals surface area contributed by atoms with Crippen LogP contribution in [0.2, 0.25) is 0 Å². The fraction of sp³-hybridized carbons (Fsp3) is 0.444. The van der Waals surface area contributed by atoms with Gasteiger partial charge in [0.25, 0.3) is 0 Å². The van der Waals surface area contributed by atoms with Crippen LogP contribution in [0.5, 0.6) is 0 Å². The van der Waals surface area contributed by atoms with E-state index in [9.17, 15) is 0 Å². The average molecular weight is 284 g/mol. The Labute approximate surface area is 127 Å². The Bertz CT molecular complexity index is 615.